The summed E-state index contributed by atoms with van der Waals surface area (Å²) in [5.74, 6) is -0.777. The van der Waals surface area contributed by atoms with Crippen molar-refractivity contribution in [3.05, 3.63) is 95.0 Å². The molecule has 7 nitrogen and oxygen atoms in total. The Bertz CT molecular complexity index is 1410. The number of carbonyl (C=O) groups is 2. The summed E-state index contributed by atoms with van der Waals surface area (Å²) in [6.45, 7) is 3.11. The van der Waals surface area contributed by atoms with Crippen molar-refractivity contribution in [2.75, 3.05) is 10.8 Å². The molecule has 0 spiro atoms. The molecule has 39 heavy (non-hydrogen) atoms. The quantitative estimate of drug-likeness (QED) is 0.359. The number of nitrogens with zero attached hydrogens (tertiary/aromatic N) is 2. The maximum absolute atomic E-state index is 14.0. The molecule has 3 aromatic rings. The molecule has 4 rings (SSSR count). The normalized spacial score (nSPS) is 14.5. The Morgan fingerprint density at radius 3 is 2.31 bits per heavy atom. The Labute approximate surface area is 235 Å². The molecular weight excluding hydrogens is 534 g/mol. The van der Waals surface area contributed by atoms with E-state index in [0.717, 1.165) is 35.6 Å². The van der Waals surface area contributed by atoms with Crippen molar-refractivity contribution in [1.29, 1.82) is 0 Å². The Kier molecular flexibility index (Phi) is 9.30. The van der Waals surface area contributed by atoms with Crippen molar-refractivity contribution in [3.63, 3.8) is 0 Å². The van der Waals surface area contributed by atoms with E-state index in [1.807, 2.05) is 19.1 Å². The van der Waals surface area contributed by atoms with Gasteiger partial charge in [0, 0.05) is 17.6 Å². The second kappa shape index (κ2) is 12.7. The minimum absolute atomic E-state index is 0.0603. The van der Waals surface area contributed by atoms with E-state index in [0.29, 0.717) is 16.3 Å². The highest BCUT2D eigenvalue weighted by molar-refractivity contribution is 7.92. The SMILES string of the molecule is Cc1cccc(N(CC(=O)N(Cc2ccccc2Cl)C(C)C(=O)NC2CCCC2)S(=O)(=O)c2ccccc2)c1. The zero-order valence-corrected chi connectivity index (χ0v) is 23.8. The maximum Gasteiger partial charge on any atom is 0.264 e. The average molecular weight is 568 g/mol. The van der Waals surface area contributed by atoms with Gasteiger partial charge in [-0.05, 0) is 68.1 Å². The van der Waals surface area contributed by atoms with Crippen LogP contribution in [0.2, 0.25) is 5.02 Å². The number of hydrogen-bond acceptors (Lipinski definition) is 4. The van der Waals surface area contributed by atoms with Crippen LogP contribution < -0.4 is 9.62 Å². The number of rotatable bonds is 10. The maximum atomic E-state index is 14.0. The fraction of sp³-hybridized carbons (Fsp3) is 0.333. The number of halogens is 1. The molecule has 0 aliphatic heterocycles. The number of anilines is 1. The van der Waals surface area contributed by atoms with E-state index >= 15 is 0 Å². The second-order valence-electron chi connectivity index (χ2n) is 9.94. The van der Waals surface area contributed by atoms with E-state index < -0.39 is 28.5 Å². The first kappa shape index (κ1) is 28.6. The van der Waals surface area contributed by atoms with Gasteiger partial charge in [-0.3, -0.25) is 13.9 Å². The molecule has 0 heterocycles. The summed E-state index contributed by atoms with van der Waals surface area (Å²) in [6, 6.07) is 21.4. The molecule has 1 aliphatic rings. The summed E-state index contributed by atoms with van der Waals surface area (Å²) in [6.07, 6.45) is 3.94. The molecule has 0 bridgehead atoms. The highest BCUT2D eigenvalue weighted by Gasteiger charge is 2.33. The number of amides is 2. The Balaban J connectivity index is 1.69. The highest BCUT2D eigenvalue weighted by Crippen LogP contribution is 2.26. The Morgan fingerprint density at radius 1 is 0.974 bits per heavy atom. The zero-order valence-electron chi connectivity index (χ0n) is 22.2. The van der Waals surface area contributed by atoms with Gasteiger partial charge in [0.15, 0.2) is 0 Å². The van der Waals surface area contributed by atoms with Crippen molar-refractivity contribution in [1.82, 2.24) is 10.2 Å². The lowest BCUT2D eigenvalue weighted by Crippen LogP contribution is -2.52. The van der Waals surface area contributed by atoms with Crippen molar-refractivity contribution >= 4 is 39.1 Å². The largest absolute Gasteiger partial charge is 0.352 e. The minimum Gasteiger partial charge on any atom is -0.352 e. The van der Waals surface area contributed by atoms with Gasteiger partial charge in [-0.15, -0.1) is 0 Å². The van der Waals surface area contributed by atoms with Crippen LogP contribution in [0, 0.1) is 6.92 Å². The Hall–Kier alpha value is -3.36. The van der Waals surface area contributed by atoms with Gasteiger partial charge in [0.25, 0.3) is 10.0 Å². The van der Waals surface area contributed by atoms with E-state index in [9.17, 15) is 18.0 Å². The van der Waals surface area contributed by atoms with Crippen LogP contribution in [-0.4, -0.2) is 43.8 Å². The van der Waals surface area contributed by atoms with Gasteiger partial charge in [0.2, 0.25) is 11.8 Å². The Morgan fingerprint density at radius 2 is 1.64 bits per heavy atom. The van der Waals surface area contributed by atoms with Crippen molar-refractivity contribution in [3.8, 4) is 0 Å². The lowest BCUT2D eigenvalue weighted by molar-refractivity contribution is -0.139. The van der Waals surface area contributed by atoms with Crippen LogP contribution >= 0.6 is 11.6 Å². The molecule has 1 atom stereocenters. The van der Waals surface area contributed by atoms with Gasteiger partial charge in [0.05, 0.1) is 10.6 Å². The standard InChI is InChI=1S/C30H34ClN3O4S/c1-22-11-10-15-26(19-22)34(39(37,38)27-16-4-3-5-17-27)21-29(35)33(20-24-12-6-9-18-28(24)31)23(2)30(36)32-25-13-7-8-14-25/h3-6,9-12,15-19,23,25H,7-8,13-14,20-21H2,1-2H3,(H,32,36). The van der Waals surface area contributed by atoms with Crippen molar-refractivity contribution in [2.45, 2.75) is 63.1 Å². The number of sulfonamides is 1. The lowest BCUT2D eigenvalue weighted by Gasteiger charge is -2.32. The van der Waals surface area contributed by atoms with Gasteiger partial charge in [-0.1, -0.05) is 73.0 Å². The second-order valence-corrected chi connectivity index (χ2v) is 12.2. The molecule has 1 saturated carbocycles. The van der Waals surface area contributed by atoms with Crippen LogP contribution in [0.5, 0.6) is 0 Å². The number of benzene rings is 3. The van der Waals surface area contributed by atoms with E-state index in [1.165, 1.54) is 17.0 Å². The zero-order chi connectivity index (χ0) is 28.0. The van der Waals surface area contributed by atoms with E-state index in [2.05, 4.69) is 5.32 Å². The summed E-state index contributed by atoms with van der Waals surface area (Å²) in [5, 5.41) is 3.53. The third-order valence-corrected chi connectivity index (χ3v) is 9.22. The van der Waals surface area contributed by atoms with Gasteiger partial charge < -0.3 is 10.2 Å². The van der Waals surface area contributed by atoms with Gasteiger partial charge >= 0.3 is 0 Å². The summed E-state index contributed by atoms with van der Waals surface area (Å²) < 4.78 is 28.7. The molecular formula is C30H34ClN3O4S. The number of nitrogens with one attached hydrogen (secondary N) is 1. The van der Waals surface area contributed by atoms with E-state index in [-0.39, 0.29) is 23.4 Å². The van der Waals surface area contributed by atoms with Gasteiger partial charge in [0.1, 0.15) is 12.6 Å². The van der Waals surface area contributed by atoms with Crippen LogP contribution in [0.15, 0.2) is 83.8 Å². The molecule has 1 aliphatic carbocycles. The van der Waals surface area contributed by atoms with Crippen LogP contribution in [0.3, 0.4) is 0 Å². The molecule has 1 N–H and O–H groups in total. The summed E-state index contributed by atoms with van der Waals surface area (Å²) in [5.41, 5.74) is 1.89. The van der Waals surface area contributed by atoms with Crippen molar-refractivity contribution < 1.29 is 18.0 Å². The minimum atomic E-state index is -4.09. The third-order valence-electron chi connectivity index (χ3n) is 7.07. The topological polar surface area (TPSA) is 86.8 Å². The van der Waals surface area contributed by atoms with Gasteiger partial charge in [-0.25, -0.2) is 8.42 Å². The highest BCUT2D eigenvalue weighted by atomic mass is 35.5. The molecule has 0 aromatic heterocycles. The van der Waals surface area contributed by atoms with Crippen LogP contribution in [-0.2, 0) is 26.2 Å². The lowest BCUT2D eigenvalue weighted by atomic mass is 10.1. The number of carbonyl (C=O) groups excluding carboxylic acids is 2. The predicted octanol–water partition coefficient (Wildman–Crippen LogP) is 5.32. The van der Waals surface area contributed by atoms with Crippen LogP contribution in [0.25, 0.3) is 0 Å². The smallest absolute Gasteiger partial charge is 0.264 e. The summed E-state index contributed by atoms with van der Waals surface area (Å²) in [4.78, 5) is 28.7. The monoisotopic (exact) mass is 567 g/mol. The van der Waals surface area contributed by atoms with Crippen molar-refractivity contribution in [2.24, 2.45) is 0 Å². The number of aryl methyl sites for hydroxylation is 1. The first-order valence-corrected chi connectivity index (χ1v) is 15.0. The number of hydrogen-bond donors (Lipinski definition) is 1. The van der Waals surface area contributed by atoms with E-state index in [4.69, 9.17) is 11.6 Å². The molecule has 0 saturated heterocycles. The molecule has 1 fully saturated rings. The molecule has 9 heteroatoms. The molecule has 1 unspecified atom stereocenters. The van der Waals surface area contributed by atoms with E-state index in [1.54, 1.807) is 61.5 Å². The first-order chi connectivity index (χ1) is 18.7. The fourth-order valence-electron chi connectivity index (χ4n) is 4.82. The third kappa shape index (κ3) is 6.99. The van der Waals surface area contributed by atoms with Crippen LogP contribution in [0.1, 0.15) is 43.7 Å². The van der Waals surface area contributed by atoms with Gasteiger partial charge in [-0.2, -0.15) is 0 Å². The molecule has 206 valence electrons. The predicted molar refractivity (Wildman–Crippen MR) is 154 cm³/mol. The fourth-order valence-corrected chi connectivity index (χ4v) is 6.44. The summed E-state index contributed by atoms with van der Waals surface area (Å²) in [7, 11) is -4.09. The molecule has 3 aromatic carbocycles. The average Bonchev–Trinajstić information content (AvgIpc) is 3.44. The van der Waals surface area contributed by atoms with Crippen LogP contribution in [0.4, 0.5) is 5.69 Å². The molecule has 0 radical (unpaired) electrons. The first-order valence-electron chi connectivity index (χ1n) is 13.1. The molecule has 2 amide bonds. The summed E-state index contributed by atoms with van der Waals surface area (Å²) >= 11 is 6.42.